The van der Waals surface area contributed by atoms with Gasteiger partial charge in [0.15, 0.2) is 0 Å². The number of hydrogen-bond acceptors (Lipinski definition) is 3. The summed E-state index contributed by atoms with van der Waals surface area (Å²) in [6, 6.07) is 20.2. The average molecular weight is 442 g/mol. The lowest BCUT2D eigenvalue weighted by molar-refractivity contribution is 0.278. The number of aromatic nitrogens is 3. The molecule has 4 heteroatoms. The molecule has 172 valence electrons. The van der Waals surface area contributed by atoms with Crippen LogP contribution in [0.2, 0.25) is 0 Å². The molecule has 0 fully saturated rings. The molecule has 0 unspecified atom stereocenters. The minimum atomic E-state index is -0.185. The molecule has 0 radical (unpaired) electrons. The van der Waals surface area contributed by atoms with E-state index in [1.807, 2.05) is 48.5 Å². The Morgan fingerprint density at radius 3 is 1.97 bits per heavy atom. The molecule has 4 aromatic rings. The van der Waals surface area contributed by atoms with E-state index >= 15 is 0 Å². The molecule has 4 nitrogen and oxygen atoms in total. The maximum atomic E-state index is 11.6. The SMILES string of the molecule is CC(C)c1cc(-c2ccccc2-n2nc3ccccc3n2)c(O)c(C(C)(C)CC(C)(C)C)c1. The van der Waals surface area contributed by atoms with Crippen LogP contribution in [0.25, 0.3) is 27.8 Å². The highest BCUT2D eigenvalue weighted by Gasteiger charge is 2.31. The van der Waals surface area contributed by atoms with Gasteiger partial charge in [-0.1, -0.05) is 84.9 Å². The van der Waals surface area contributed by atoms with Crippen molar-refractivity contribution in [2.24, 2.45) is 5.41 Å². The molecule has 0 saturated heterocycles. The van der Waals surface area contributed by atoms with E-state index in [4.69, 9.17) is 10.2 Å². The molecule has 1 aromatic heterocycles. The van der Waals surface area contributed by atoms with E-state index in [-0.39, 0.29) is 10.8 Å². The van der Waals surface area contributed by atoms with E-state index in [0.29, 0.717) is 11.7 Å². The fourth-order valence-electron chi connectivity index (χ4n) is 4.98. The lowest BCUT2D eigenvalue weighted by Crippen LogP contribution is -2.25. The maximum Gasteiger partial charge on any atom is 0.127 e. The first-order valence-electron chi connectivity index (χ1n) is 11.8. The van der Waals surface area contributed by atoms with Gasteiger partial charge in [0.05, 0.1) is 5.69 Å². The third kappa shape index (κ3) is 4.66. The monoisotopic (exact) mass is 441 g/mol. The molecule has 0 saturated carbocycles. The van der Waals surface area contributed by atoms with Gasteiger partial charge in [0, 0.05) is 16.7 Å². The van der Waals surface area contributed by atoms with Gasteiger partial charge >= 0.3 is 0 Å². The van der Waals surface area contributed by atoms with Gasteiger partial charge in [0.1, 0.15) is 16.8 Å². The van der Waals surface area contributed by atoms with Gasteiger partial charge in [0.25, 0.3) is 0 Å². The van der Waals surface area contributed by atoms with Gasteiger partial charge in [0.2, 0.25) is 0 Å². The number of rotatable bonds is 5. The van der Waals surface area contributed by atoms with Gasteiger partial charge in [-0.25, -0.2) is 0 Å². The number of phenols is 1. The van der Waals surface area contributed by atoms with Crippen molar-refractivity contribution < 1.29 is 5.11 Å². The second kappa shape index (κ2) is 8.33. The van der Waals surface area contributed by atoms with Crippen molar-refractivity contribution in [2.45, 2.75) is 66.2 Å². The second-order valence-electron chi connectivity index (χ2n) is 11.2. The Morgan fingerprint density at radius 2 is 1.39 bits per heavy atom. The van der Waals surface area contributed by atoms with Crippen LogP contribution in [-0.2, 0) is 5.41 Å². The molecule has 0 amide bonds. The third-order valence-electron chi connectivity index (χ3n) is 6.20. The van der Waals surface area contributed by atoms with Gasteiger partial charge < -0.3 is 5.11 Å². The highest BCUT2D eigenvalue weighted by Crippen LogP contribution is 2.46. The summed E-state index contributed by atoms with van der Waals surface area (Å²) >= 11 is 0. The van der Waals surface area contributed by atoms with Crippen LogP contribution in [0.4, 0.5) is 0 Å². The fourth-order valence-corrected chi connectivity index (χ4v) is 4.98. The number of fused-ring (bicyclic) bond motifs is 1. The first kappa shape index (κ1) is 23.0. The van der Waals surface area contributed by atoms with Crippen LogP contribution in [0.3, 0.4) is 0 Å². The normalized spacial score (nSPS) is 12.6. The van der Waals surface area contributed by atoms with Crippen LogP contribution >= 0.6 is 0 Å². The maximum absolute atomic E-state index is 11.6. The quantitative estimate of drug-likeness (QED) is 0.346. The largest absolute Gasteiger partial charge is 0.507 e. The van der Waals surface area contributed by atoms with E-state index in [1.165, 1.54) is 5.56 Å². The summed E-state index contributed by atoms with van der Waals surface area (Å²) in [5.41, 5.74) is 6.46. The molecule has 0 atom stereocenters. The van der Waals surface area contributed by atoms with Crippen molar-refractivity contribution >= 4 is 11.0 Å². The van der Waals surface area contributed by atoms with Crippen LogP contribution in [0.15, 0.2) is 60.7 Å². The van der Waals surface area contributed by atoms with Crippen LogP contribution in [0.5, 0.6) is 5.75 Å². The van der Waals surface area contributed by atoms with Crippen molar-refractivity contribution in [1.29, 1.82) is 0 Å². The number of nitrogens with zero attached hydrogens (tertiary/aromatic N) is 3. The zero-order valence-electron chi connectivity index (χ0n) is 20.8. The highest BCUT2D eigenvalue weighted by atomic mass is 16.3. The molecule has 0 aliphatic heterocycles. The van der Waals surface area contributed by atoms with Gasteiger partial charge in [-0.3, -0.25) is 0 Å². The predicted octanol–water partition coefficient (Wildman–Crippen LogP) is 7.63. The Labute approximate surface area is 197 Å². The van der Waals surface area contributed by atoms with E-state index in [0.717, 1.165) is 39.8 Å². The van der Waals surface area contributed by atoms with Crippen LogP contribution in [0.1, 0.15) is 71.9 Å². The Kier molecular flexibility index (Phi) is 5.81. The van der Waals surface area contributed by atoms with Crippen molar-refractivity contribution in [3.05, 3.63) is 71.8 Å². The Balaban J connectivity index is 1.94. The molecule has 0 spiro atoms. The van der Waals surface area contributed by atoms with Gasteiger partial charge in [-0.2, -0.15) is 0 Å². The summed E-state index contributed by atoms with van der Waals surface area (Å²) in [7, 11) is 0. The molecule has 1 N–H and O–H groups in total. The zero-order valence-corrected chi connectivity index (χ0v) is 20.8. The molecule has 1 heterocycles. The van der Waals surface area contributed by atoms with Gasteiger partial charge in [-0.15, -0.1) is 15.0 Å². The van der Waals surface area contributed by atoms with Crippen LogP contribution < -0.4 is 0 Å². The first-order valence-corrected chi connectivity index (χ1v) is 11.8. The molecule has 0 bridgehead atoms. The molecule has 0 aliphatic carbocycles. The summed E-state index contributed by atoms with van der Waals surface area (Å²) in [5, 5.41) is 21.0. The topological polar surface area (TPSA) is 50.9 Å². The fraction of sp³-hybridized carbons (Fsp3) is 0.379. The number of benzene rings is 3. The van der Waals surface area contributed by atoms with Crippen LogP contribution in [-0.4, -0.2) is 20.1 Å². The van der Waals surface area contributed by atoms with E-state index < -0.39 is 0 Å². The first-order chi connectivity index (χ1) is 15.5. The Bertz CT molecular complexity index is 1260. The minimum Gasteiger partial charge on any atom is -0.507 e. The molecule has 4 rings (SSSR count). The lowest BCUT2D eigenvalue weighted by Gasteiger charge is -2.34. The van der Waals surface area contributed by atoms with E-state index in [2.05, 4.69) is 60.6 Å². The van der Waals surface area contributed by atoms with E-state index in [1.54, 1.807) is 4.80 Å². The van der Waals surface area contributed by atoms with Crippen LogP contribution in [0, 0.1) is 5.41 Å². The molecular weight excluding hydrogens is 406 g/mol. The minimum absolute atomic E-state index is 0.140. The molecular formula is C29H35N3O. The number of aromatic hydroxyl groups is 1. The second-order valence-corrected chi connectivity index (χ2v) is 11.2. The predicted molar refractivity (Wildman–Crippen MR) is 137 cm³/mol. The molecule has 3 aromatic carbocycles. The Hall–Kier alpha value is -3.14. The van der Waals surface area contributed by atoms with Crippen molar-refractivity contribution in [2.75, 3.05) is 0 Å². The summed E-state index contributed by atoms with van der Waals surface area (Å²) in [6.07, 6.45) is 0.961. The number of phenolic OH excluding ortho intramolecular Hbond substituents is 1. The average Bonchev–Trinajstić information content (AvgIpc) is 3.16. The van der Waals surface area contributed by atoms with Crippen molar-refractivity contribution in [3.63, 3.8) is 0 Å². The van der Waals surface area contributed by atoms with E-state index in [9.17, 15) is 5.11 Å². The standard InChI is InChI=1S/C29H35N3O/c1-19(2)20-16-22(27(33)23(17-20)29(6,7)18-28(3,4)5)21-12-8-11-15-26(21)32-30-24-13-9-10-14-25(24)31-32/h8-17,19,33H,18H2,1-7H3. The smallest absolute Gasteiger partial charge is 0.127 e. The summed E-state index contributed by atoms with van der Waals surface area (Å²) in [6.45, 7) is 15.6. The summed E-state index contributed by atoms with van der Waals surface area (Å²) in [4.78, 5) is 1.68. The van der Waals surface area contributed by atoms with Crippen molar-refractivity contribution in [3.8, 4) is 22.6 Å². The van der Waals surface area contributed by atoms with Gasteiger partial charge in [-0.05, 0) is 53.0 Å². The zero-order chi connectivity index (χ0) is 24.0. The van der Waals surface area contributed by atoms with Crippen molar-refractivity contribution in [1.82, 2.24) is 15.0 Å². The third-order valence-corrected chi connectivity index (χ3v) is 6.20. The highest BCUT2D eigenvalue weighted by molar-refractivity contribution is 5.80. The molecule has 33 heavy (non-hydrogen) atoms. The number of hydrogen-bond donors (Lipinski definition) is 1. The molecule has 0 aliphatic rings. The Morgan fingerprint density at radius 1 is 0.818 bits per heavy atom. The summed E-state index contributed by atoms with van der Waals surface area (Å²) in [5.74, 6) is 0.684. The lowest BCUT2D eigenvalue weighted by atomic mass is 9.71. The summed E-state index contributed by atoms with van der Waals surface area (Å²) < 4.78 is 0. The number of para-hydroxylation sites is 1.